The number of aromatic hydroxyl groups is 1. The molecule has 0 spiro atoms. The summed E-state index contributed by atoms with van der Waals surface area (Å²) in [5.41, 5.74) is 2.31. The molecule has 0 saturated carbocycles. The van der Waals surface area contributed by atoms with E-state index >= 15 is 0 Å². The van der Waals surface area contributed by atoms with Crippen molar-refractivity contribution in [3.63, 3.8) is 0 Å². The average molecular weight is 349 g/mol. The van der Waals surface area contributed by atoms with E-state index in [2.05, 4.69) is 10.5 Å². The highest BCUT2D eigenvalue weighted by Crippen LogP contribution is 2.38. The van der Waals surface area contributed by atoms with E-state index in [1.54, 1.807) is 12.1 Å². The smallest absolute Gasteiger partial charge is 0.416 e. The topological polar surface area (TPSA) is 44.6 Å². The molecule has 2 N–H and O–H groups in total. The van der Waals surface area contributed by atoms with E-state index in [9.17, 15) is 13.2 Å². The van der Waals surface area contributed by atoms with Gasteiger partial charge in [-0.3, -0.25) is 5.43 Å². The van der Waals surface area contributed by atoms with Crippen molar-refractivity contribution in [1.29, 1.82) is 0 Å². The van der Waals surface area contributed by atoms with Crippen LogP contribution in [0.3, 0.4) is 0 Å². The van der Waals surface area contributed by atoms with Gasteiger partial charge in [-0.05, 0) is 42.0 Å². The summed E-state index contributed by atoms with van der Waals surface area (Å²) in [6.07, 6.45) is -3.12. The molecule has 22 heavy (non-hydrogen) atoms. The third-order valence-corrected chi connectivity index (χ3v) is 3.25. The van der Waals surface area contributed by atoms with E-state index in [4.69, 9.17) is 28.3 Å². The van der Waals surface area contributed by atoms with Gasteiger partial charge >= 0.3 is 6.18 Å². The van der Waals surface area contributed by atoms with Crippen molar-refractivity contribution in [2.45, 2.75) is 6.18 Å². The highest BCUT2D eigenvalue weighted by molar-refractivity contribution is 6.39. The van der Waals surface area contributed by atoms with Crippen molar-refractivity contribution in [2.24, 2.45) is 5.10 Å². The Bertz CT molecular complexity index is 677. The lowest BCUT2D eigenvalue weighted by atomic mass is 10.2. The largest absolute Gasteiger partial charge is 0.508 e. The van der Waals surface area contributed by atoms with E-state index in [-0.39, 0.29) is 21.5 Å². The van der Waals surface area contributed by atoms with Crippen LogP contribution in [0.1, 0.15) is 11.1 Å². The van der Waals surface area contributed by atoms with E-state index in [1.165, 1.54) is 18.3 Å². The molecule has 0 aliphatic rings. The van der Waals surface area contributed by atoms with Crippen LogP contribution in [0.2, 0.25) is 10.0 Å². The van der Waals surface area contributed by atoms with Gasteiger partial charge in [-0.2, -0.15) is 18.3 Å². The Morgan fingerprint density at radius 2 is 1.59 bits per heavy atom. The van der Waals surface area contributed by atoms with Crippen molar-refractivity contribution in [2.75, 3.05) is 5.43 Å². The van der Waals surface area contributed by atoms with Crippen LogP contribution in [0, 0.1) is 0 Å². The number of halogens is 5. The van der Waals surface area contributed by atoms with Gasteiger partial charge in [0.05, 0.1) is 27.5 Å². The number of alkyl halides is 3. The molecule has 0 aliphatic carbocycles. The molecule has 2 aromatic carbocycles. The molecule has 0 radical (unpaired) electrons. The van der Waals surface area contributed by atoms with Crippen LogP contribution in [0.25, 0.3) is 0 Å². The number of benzene rings is 2. The second-order valence-corrected chi connectivity index (χ2v) is 5.09. The Kier molecular flexibility index (Phi) is 4.83. The summed E-state index contributed by atoms with van der Waals surface area (Å²) >= 11 is 11.6. The lowest BCUT2D eigenvalue weighted by Crippen LogP contribution is -2.05. The fourth-order valence-corrected chi connectivity index (χ4v) is 2.15. The molecule has 2 aromatic rings. The zero-order chi connectivity index (χ0) is 16.3. The van der Waals surface area contributed by atoms with Gasteiger partial charge in [-0.1, -0.05) is 23.2 Å². The number of rotatable bonds is 3. The van der Waals surface area contributed by atoms with Gasteiger partial charge in [0.1, 0.15) is 5.75 Å². The SMILES string of the molecule is Oc1ccc(/C=N/Nc2c(Cl)cc(C(F)(F)F)cc2Cl)cc1. The third kappa shape index (κ3) is 4.05. The number of phenols is 1. The van der Waals surface area contributed by atoms with E-state index in [0.29, 0.717) is 5.56 Å². The number of hydrazone groups is 1. The molecule has 0 amide bonds. The van der Waals surface area contributed by atoms with E-state index in [1.807, 2.05) is 0 Å². The number of nitrogens with one attached hydrogen (secondary N) is 1. The maximum absolute atomic E-state index is 12.6. The summed E-state index contributed by atoms with van der Waals surface area (Å²) in [7, 11) is 0. The first-order valence-electron chi connectivity index (χ1n) is 5.92. The predicted octanol–water partition coefficient (Wildman–Crippen LogP) is 5.16. The average Bonchev–Trinajstić information content (AvgIpc) is 2.42. The predicted molar refractivity (Wildman–Crippen MR) is 80.8 cm³/mol. The zero-order valence-corrected chi connectivity index (χ0v) is 12.3. The molecule has 0 bridgehead atoms. The monoisotopic (exact) mass is 348 g/mol. The Morgan fingerprint density at radius 1 is 1.05 bits per heavy atom. The van der Waals surface area contributed by atoms with Crippen LogP contribution in [-0.4, -0.2) is 11.3 Å². The van der Waals surface area contributed by atoms with E-state index in [0.717, 1.165) is 12.1 Å². The highest BCUT2D eigenvalue weighted by Gasteiger charge is 2.31. The molecule has 0 unspecified atom stereocenters. The van der Waals surface area contributed by atoms with Gasteiger partial charge in [0, 0.05) is 0 Å². The number of anilines is 1. The Balaban J connectivity index is 2.18. The first-order chi connectivity index (χ1) is 10.3. The fourth-order valence-electron chi connectivity index (χ4n) is 1.58. The number of hydrogen-bond donors (Lipinski definition) is 2. The highest BCUT2D eigenvalue weighted by atomic mass is 35.5. The summed E-state index contributed by atoms with van der Waals surface area (Å²) in [5.74, 6) is 0.110. The molecule has 0 heterocycles. The zero-order valence-electron chi connectivity index (χ0n) is 10.8. The quantitative estimate of drug-likeness (QED) is 0.594. The maximum atomic E-state index is 12.6. The summed E-state index contributed by atoms with van der Waals surface area (Å²) < 4.78 is 37.8. The molecule has 2 rings (SSSR count). The molecular weight excluding hydrogens is 340 g/mol. The van der Waals surface area contributed by atoms with Crippen LogP contribution in [0.5, 0.6) is 5.75 Å². The third-order valence-electron chi connectivity index (χ3n) is 2.65. The Labute approximate surface area is 134 Å². The van der Waals surface area contributed by atoms with Crippen molar-refractivity contribution in [3.05, 3.63) is 57.6 Å². The minimum Gasteiger partial charge on any atom is -0.508 e. The maximum Gasteiger partial charge on any atom is 0.416 e. The van der Waals surface area contributed by atoms with Gasteiger partial charge in [0.15, 0.2) is 0 Å². The molecule has 0 saturated heterocycles. The minimum absolute atomic E-state index is 0.0753. The number of hydrogen-bond acceptors (Lipinski definition) is 3. The molecule has 0 atom stereocenters. The van der Waals surface area contributed by atoms with Crippen LogP contribution >= 0.6 is 23.2 Å². The van der Waals surface area contributed by atoms with Crippen LogP contribution in [-0.2, 0) is 6.18 Å². The second kappa shape index (κ2) is 6.46. The van der Waals surface area contributed by atoms with Gasteiger partial charge in [0.25, 0.3) is 0 Å². The normalized spacial score (nSPS) is 11.9. The van der Waals surface area contributed by atoms with E-state index < -0.39 is 11.7 Å². The summed E-state index contributed by atoms with van der Waals surface area (Å²) in [4.78, 5) is 0. The summed E-state index contributed by atoms with van der Waals surface area (Å²) in [6.45, 7) is 0. The van der Waals surface area contributed by atoms with Crippen LogP contribution < -0.4 is 5.43 Å². The number of phenolic OH excluding ortho intramolecular Hbond substituents is 1. The van der Waals surface area contributed by atoms with Gasteiger partial charge < -0.3 is 5.11 Å². The number of nitrogens with zero attached hydrogens (tertiary/aromatic N) is 1. The first-order valence-corrected chi connectivity index (χ1v) is 6.67. The molecule has 0 aromatic heterocycles. The Morgan fingerprint density at radius 3 is 2.09 bits per heavy atom. The molecular formula is C14H9Cl2F3N2O. The second-order valence-electron chi connectivity index (χ2n) is 4.27. The molecule has 8 heteroatoms. The van der Waals surface area contributed by atoms with Crippen LogP contribution in [0.15, 0.2) is 41.5 Å². The fraction of sp³-hybridized carbons (Fsp3) is 0.0714. The standard InChI is InChI=1S/C14H9Cl2F3N2O/c15-11-5-9(14(17,18)19)6-12(16)13(11)21-20-7-8-1-3-10(22)4-2-8/h1-7,21-22H/b20-7+. The molecule has 116 valence electrons. The summed E-state index contributed by atoms with van der Waals surface area (Å²) in [6, 6.07) is 7.70. The first kappa shape index (κ1) is 16.5. The lowest BCUT2D eigenvalue weighted by molar-refractivity contribution is -0.137. The van der Waals surface area contributed by atoms with Crippen molar-refractivity contribution < 1.29 is 18.3 Å². The molecule has 0 aliphatic heterocycles. The molecule has 0 fully saturated rings. The molecule has 3 nitrogen and oxygen atoms in total. The van der Waals surface area contributed by atoms with Gasteiger partial charge in [-0.15, -0.1) is 0 Å². The van der Waals surface area contributed by atoms with Crippen LogP contribution in [0.4, 0.5) is 18.9 Å². The lowest BCUT2D eigenvalue weighted by Gasteiger charge is -2.11. The van der Waals surface area contributed by atoms with Crippen molar-refractivity contribution in [1.82, 2.24) is 0 Å². The summed E-state index contributed by atoms with van der Waals surface area (Å²) in [5, 5.41) is 12.6. The van der Waals surface area contributed by atoms with Crippen molar-refractivity contribution >= 4 is 35.1 Å². The minimum atomic E-state index is -4.53. The van der Waals surface area contributed by atoms with Gasteiger partial charge in [-0.25, -0.2) is 0 Å². The van der Waals surface area contributed by atoms with Crippen molar-refractivity contribution in [3.8, 4) is 5.75 Å². The van der Waals surface area contributed by atoms with Gasteiger partial charge in [0.2, 0.25) is 0 Å². The Hall–Kier alpha value is -1.92.